The quantitative estimate of drug-likeness (QED) is 0.722. The summed E-state index contributed by atoms with van der Waals surface area (Å²) in [5.74, 6) is 0.896. The number of hydrogen-bond acceptors (Lipinski definition) is 2. The van der Waals surface area contributed by atoms with Crippen LogP contribution in [-0.2, 0) is 6.42 Å². The summed E-state index contributed by atoms with van der Waals surface area (Å²) in [4.78, 5) is 0. The second-order valence-electron chi connectivity index (χ2n) is 7.23. The SMILES string of the molecule is CCCNC(CCc1ccsc1)C1CCC(C)(C)CC1. The fourth-order valence-corrected chi connectivity index (χ4v) is 4.12. The van der Waals surface area contributed by atoms with Crippen molar-refractivity contribution in [3.8, 4) is 0 Å². The van der Waals surface area contributed by atoms with E-state index in [1.165, 1.54) is 57.1 Å². The second kappa shape index (κ2) is 7.61. The van der Waals surface area contributed by atoms with Gasteiger partial charge in [0.15, 0.2) is 0 Å². The summed E-state index contributed by atoms with van der Waals surface area (Å²) in [5.41, 5.74) is 2.11. The molecule has 2 heteroatoms. The number of nitrogens with one attached hydrogen (secondary N) is 1. The van der Waals surface area contributed by atoms with Gasteiger partial charge in [-0.3, -0.25) is 0 Å². The molecule has 1 aliphatic rings. The molecular formula is C18H31NS. The van der Waals surface area contributed by atoms with Crippen LogP contribution in [0.25, 0.3) is 0 Å². The second-order valence-corrected chi connectivity index (χ2v) is 8.01. The molecule has 0 saturated heterocycles. The average molecular weight is 294 g/mol. The first-order valence-electron chi connectivity index (χ1n) is 8.35. The van der Waals surface area contributed by atoms with Gasteiger partial charge in [0.1, 0.15) is 0 Å². The lowest BCUT2D eigenvalue weighted by molar-refractivity contribution is 0.157. The summed E-state index contributed by atoms with van der Waals surface area (Å²) in [5, 5.41) is 8.34. The molecule has 2 rings (SSSR count). The van der Waals surface area contributed by atoms with Crippen molar-refractivity contribution in [2.45, 2.75) is 71.8 Å². The molecule has 1 aliphatic carbocycles. The van der Waals surface area contributed by atoms with E-state index in [0.29, 0.717) is 5.41 Å². The van der Waals surface area contributed by atoms with Gasteiger partial charge in [-0.1, -0.05) is 20.8 Å². The molecule has 1 saturated carbocycles. The standard InChI is InChI=1S/C18H31NS/c1-4-12-19-17(6-5-15-9-13-20-14-15)16-7-10-18(2,3)11-8-16/h9,13-14,16-17,19H,4-8,10-12H2,1-3H3. The summed E-state index contributed by atoms with van der Waals surface area (Å²) in [6.07, 6.45) is 9.43. The Morgan fingerprint density at radius 2 is 2.10 bits per heavy atom. The van der Waals surface area contributed by atoms with Gasteiger partial charge < -0.3 is 5.32 Å². The highest BCUT2D eigenvalue weighted by Crippen LogP contribution is 2.39. The minimum Gasteiger partial charge on any atom is -0.314 e. The van der Waals surface area contributed by atoms with Crippen molar-refractivity contribution in [3.05, 3.63) is 22.4 Å². The van der Waals surface area contributed by atoms with Crippen LogP contribution < -0.4 is 5.32 Å². The molecule has 114 valence electrons. The van der Waals surface area contributed by atoms with E-state index in [4.69, 9.17) is 0 Å². The molecule has 0 bridgehead atoms. The average Bonchev–Trinajstić information content (AvgIpc) is 2.93. The van der Waals surface area contributed by atoms with E-state index in [1.54, 1.807) is 0 Å². The van der Waals surface area contributed by atoms with Crippen LogP contribution in [0.2, 0.25) is 0 Å². The van der Waals surface area contributed by atoms with Crippen LogP contribution in [0.15, 0.2) is 16.8 Å². The Morgan fingerprint density at radius 1 is 1.35 bits per heavy atom. The van der Waals surface area contributed by atoms with E-state index < -0.39 is 0 Å². The Hall–Kier alpha value is -0.340. The van der Waals surface area contributed by atoms with Crippen LogP contribution >= 0.6 is 11.3 Å². The molecule has 1 N–H and O–H groups in total. The van der Waals surface area contributed by atoms with Crippen LogP contribution in [0.5, 0.6) is 0 Å². The van der Waals surface area contributed by atoms with Crippen molar-refractivity contribution in [3.63, 3.8) is 0 Å². The normalized spacial score (nSPS) is 20.9. The lowest BCUT2D eigenvalue weighted by Gasteiger charge is -2.38. The Kier molecular flexibility index (Phi) is 6.10. The van der Waals surface area contributed by atoms with Crippen molar-refractivity contribution in [2.24, 2.45) is 11.3 Å². The van der Waals surface area contributed by atoms with Crippen molar-refractivity contribution in [2.75, 3.05) is 6.54 Å². The lowest BCUT2D eigenvalue weighted by Crippen LogP contribution is -2.40. The van der Waals surface area contributed by atoms with E-state index in [0.717, 1.165) is 12.0 Å². The van der Waals surface area contributed by atoms with Gasteiger partial charge in [0.05, 0.1) is 0 Å². The number of aryl methyl sites for hydroxylation is 1. The minimum atomic E-state index is 0.583. The summed E-state index contributed by atoms with van der Waals surface area (Å²) in [6.45, 7) is 8.31. The van der Waals surface area contributed by atoms with Crippen LogP contribution in [0.3, 0.4) is 0 Å². The molecule has 20 heavy (non-hydrogen) atoms. The third kappa shape index (κ3) is 4.89. The maximum Gasteiger partial charge on any atom is 0.00984 e. The summed E-state index contributed by atoms with van der Waals surface area (Å²) >= 11 is 1.82. The smallest absolute Gasteiger partial charge is 0.00984 e. The van der Waals surface area contributed by atoms with Crippen LogP contribution in [-0.4, -0.2) is 12.6 Å². The lowest BCUT2D eigenvalue weighted by atomic mass is 9.70. The van der Waals surface area contributed by atoms with Crippen molar-refractivity contribution in [1.82, 2.24) is 5.32 Å². The van der Waals surface area contributed by atoms with E-state index in [9.17, 15) is 0 Å². The zero-order chi connectivity index (χ0) is 14.4. The largest absolute Gasteiger partial charge is 0.314 e. The molecule has 1 fully saturated rings. The van der Waals surface area contributed by atoms with E-state index >= 15 is 0 Å². The number of thiophene rings is 1. The van der Waals surface area contributed by atoms with Gasteiger partial charge in [-0.25, -0.2) is 0 Å². The molecule has 1 unspecified atom stereocenters. The van der Waals surface area contributed by atoms with Crippen LogP contribution in [0, 0.1) is 11.3 Å². The summed E-state index contributed by atoms with van der Waals surface area (Å²) in [6, 6.07) is 3.01. The Bertz CT molecular complexity index is 359. The Balaban J connectivity index is 1.86. The highest BCUT2D eigenvalue weighted by molar-refractivity contribution is 7.07. The fraction of sp³-hybridized carbons (Fsp3) is 0.778. The molecule has 1 heterocycles. The van der Waals surface area contributed by atoms with Crippen molar-refractivity contribution >= 4 is 11.3 Å². The summed E-state index contributed by atoms with van der Waals surface area (Å²) < 4.78 is 0. The minimum absolute atomic E-state index is 0.583. The zero-order valence-electron chi connectivity index (χ0n) is 13.5. The fourth-order valence-electron chi connectivity index (χ4n) is 3.42. The summed E-state index contributed by atoms with van der Waals surface area (Å²) in [7, 11) is 0. The van der Waals surface area contributed by atoms with E-state index in [2.05, 4.69) is 42.9 Å². The first-order valence-corrected chi connectivity index (χ1v) is 9.29. The maximum atomic E-state index is 3.83. The molecule has 1 aromatic rings. The molecular weight excluding hydrogens is 262 g/mol. The molecule has 1 nitrogen and oxygen atoms in total. The van der Waals surface area contributed by atoms with Gasteiger partial charge >= 0.3 is 0 Å². The van der Waals surface area contributed by atoms with Gasteiger partial charge in [-0.15, -0.1) is 0 Å². The number of hydrogen-bond donors (Lipinski definition) is 1. The Morgan fingerprint density at radius 3 is 2.70 bits per heavy atom. The number of rotatable bonds is 7. The van der Waals surface area contributed by atoms with Crippen molar-refractivity contribution in [1.29, 1.82) is 0 Å². The molecule has 0 aromatic carbocycles. The first-order chi connectivity index (χ1) is 9.61. The maximum absolute atomic E-state index is 3.83. The van der Waals surface area contributed by atoms with Gasteiger partial charge in [-0.2, -0.15) is 11.3 Å². The highest BCUT2D eigenvalue weighted by atomic mass is 32.1. The predicted octanol–water partition coefficient (Wildman–Crippen LogP) is 5.27. The van der Waals surface area contributed by atoms with E-state index in [-0.39, 0.29) is 0 Å². The van der Waals surface area contributed by atoms with Gasteiger partial charge in [0.25, 0.3) is 0 Å². The third-order valence-corrected chi connectivity index (χ3v) is 5.67. The van der Waals surface area contributed by atoms with Crippen LogP contribution in [0.1, 0.15) is 64.9 Å². The highest BCUT2D eigenvalue weighted by Gasteiger charge is 2.30. The van der Waals surface area contributed by atoms with E-state index in [1.807, 2.05) is 11.3 Å². The van der Waals surface area contributed by atoms with Gasteiger partial charge in [0.2, 0.25) is 0 Å². The Labute approximate surface area is 129 Å². The molecule has 0 radical (unpaired) electrons. The third-order valence-electron chi connectivity index (χ3n) is 4.93. The molecule has 0 spiro atoms. The van der Waals surface area contributed by atoms with Crippen LogP contribution in [0.4, 0.5) is 0 Å². The van der Waals surface area contributed by atoms with Gasteiger partial charge in [-0.05, 0) is 85.2 Å². The van der Waals surface area contributed by atoms with Crippen molar-refractivity contribution < 1.29 is 0 Å². The first kappa shape index (κ1) is 16.0. The van der Waals surface area contributed by atoms with Gasteiger partial charge in [0, 0.05) is 6.04 Å². The molecule has 1 atom stereocenters. The topological polar surface area (TPSA) is 12.0 Å². The molecule has 0 aliphatic heterocycles. The monoisotopic (exact) mass is 293 g/mol. The zero-order valence-corrected chi connectivity index (χ0v) is 14.3. The molecule has 0 amide bonds. The predicted molar refractivity (Wildman–Crippen MR) is 90.5 cm³/mol. The molecule has 1 aromatic heterocycles.